The lowest BCUT2D eigenvalue weighted by Crippen LogP contribution is -2.52. The summed E-state index contributed by atoms with van der Waals surface area (Å²) in [6.45, 7) is 1.48. The summed E-state index contributed by atoms with van der Waals surface area (Å²) in [7, 11) is 3.00. The van der Waals surface area contributed by atoms with Gasteiger partial charge in [-0.25, -0.2) is 0 Å². The van der Waals surface area contributed by atoms with Crippen LogP contribution in [0.1, 0.15) is 12.8 Å². The fourth-order valence-corrected chi connectivity index (χ4v) is 1.46. The highest BCUT2D eigenvalue weighted by Crippen LogP contribution is 2.20. The van der Waals surface area contributed by atoms with Gasteiger partial charge in [-0.15, -0.1) is 0 Å². The highest BCUT2D eigenvalue weighted by molar-refractivity contribution is 5.71. The topological polar surface area (TPSA) is 56.8 Å². The van der Waals surface area contributed by atoms with Crippen LogP contribution in [0.4, 0.5) is 0 Å². The highest BCUT2D eigenvalue weighted by atomic mass is 16.5. The van der Waals surface area contributed by atoms with Crippen molar-refractivity contribution >= 4 is 5.97 Å². The van der Waals surface area contributed by atoms with Crippen LogP contribution in [-0.4, -0.2) is 45.7 Å². The van der Waals surface area contributed by atoms with Gasteiger partial charge in [0.15, 0.2) is 0 Å². The summed E-state index contributed by atoms with van der Waals surface area (Å²) < 4.78 is 15.1. The van der Waals surface area contributed by atoms with E-state index in [1.54, 1.807) is 7.11 Å². The molecule has 0 aromatic heterocycles. The van der Waals surface area contributed by atoms with Crippen molar-refractivity contribution in [3.8, 4) is 0 Å². The number of methoxy groups -OCH3 is 2. The second-order valence-corrected chi connectivity index (χ2v) is 3.24. The van der Waals surface area contributed by atoms with E-state index in [4.69, 9.17) is 9.47 Å². The molecular weight excluding hydrogens is 186 g/mol. The molecule has 0 aliphatic carbocycles. The lowest BCUT2D eigenvalue weighted by atomic mass is 10.0. The van der Waals surface area contributed by atoms with Crippen molar-refractivity contribution in [3.05, 3.63) is 0 Å². The van der Waals surface area contributed by atoms with Crippen LogP contribution in [0.2, 0.25) is 0 Å². The Morgan fingerprint density at radius 2 is 2.07 bits per heavy atom. The zero-order valence-electron chi connectivity index (χ0n) is 8.67. The zero-order chi connectivity index (χ0) is 10.4. The van der Waals surface area contributed by atoms with E-state index in [1.165, 1.54) is 7.11 Å². The molecule has 0 unspecified atom stereocenters. The predicted octanol–water partition coefficient (Wildman–Crippen LogP) is -0.0979. The van der Waals surface area contributed by atoms with Crippen molar-refractivity contribution in [2.75, 3.05) is 34.0 Å². The molecule has 5 nitrogen and oxygen atoms in total. The molecule has 82 valence electrons. The van der Waals surface area contributed by atoms with Crippen molar-refractivity contribution in [1.29, 1.82) is 0 Å². The van der Waals surface area contributed by atoms with Gasteiger partial charge < -0.3 is 14.2 Å². The minimum absolute atomic E-state index is 0.171. The van der Waals surface area contributed by atoms with Gasteiger partial charge in [-0.05, 0) is 0 Å². The van der Waals surface area contributed by atoms with Gasteiger partial charge in [0.2, 0.25) is 0 Å². The van der Waals surface area contributed by atoms with E-state index in [9.17, 15) is 4.79 Å². The average Bonchev–Trinajstić information content (AvgIpc) is 2.27. The third kappa shape index (κ3) is 2.94. The van der Waals surface area contributed by atoms with E-state index in [0.29, 0.717) is 13.2 Å². The van der Waals surface area contributed by atoms with E-state index in [1.807, 2.05) is 0 Å². The van der Waals surface area contributed by atoms with E-state index in [-0.39, 0.29) is 12.5 Å². The third-order valence-corrected chi connectivity index (χ3v) is 2.47. The number of hydrogen-bond donors (Lipinski definition) is 1. The monoisotopic (exact) mass is 203 g/mol. The van der Waals surface area contributed by atoms with Gasteiger partial charge in [-0.2, -0.15) is 0 Å². The molecule has 1 aliphatic heterocycles. The number of hydrogen-bond acceptors (Lipinski definition) is 5. The molecule has 0 spiro atoms. The van der Waals surface area contributed by atoms with E-state index >= 15 is 0 Å². The molecule has 1 N–H and O–H groups in total. The summed E-state index contributed by atoms with van der Waals surface area (Å²) in [5, 5.41) is 3.06. The lowest BCUT2D eigenvalue weighted by Gasteiger charge is -2.36. The fraction of sp³-hybridized carbons (Fsp3) is 0.889. The van der Waals surface area contributed by atoms with Gasteiger partial charge >= 0.3 is 5.97 Å². The van der Waals surface area contributed by atoms with Crippen molar-refractivity contribution in [3.63, 3.8) is 0 Å². The second kappa shape index (κ2) is 5.29. The van der Waals surface area contributed by atoms with E-state index in [2.05, 4.69) is 10.1 Å². The molecule has 0 amide bonds. The highest BCUT2D eigenvalue weighted by Gasteiger charge is 2.32. The Balaban J connectivity index is 2.39. The van der Waals surface area contributed by atoms with Crippen LogP contribution in [-0.2, 0) is 19.0 Å². The molecule has 5 heteroatoms. The van der Waals surface area contributed by atoms with Gasteiger partial charge in [-0.1, -0.05) is 0 Å². The number of esters is 1. The molecule has 0 atom stereocenters. The summed E-state index contributed by atoms with van der Waals surface area (Å²) in [6.07, 6.45) is 1.50. The van der Waals surface area contributed by atoms with Crippen LogP contribution in [0.25, 0.3) is 0 Å². The van der Waals surface area contributed by atoms with Crippen molar-refractivity contribution in [1.82, 2.24) is 5.32 Å². The Hall–Kier alpha value is -0.650. The molecular formula is C9H17NO4. The molecule has 0 aromatic rings. The maximum Gasteiger partial charge on any atom is 0.319 e. The third-order valence-electron chi connectivity index (χ3n) is 2.47. The SMILES string of the molecule is COC(=O)CNC1(OC)CCOCC1. The standard InChI is InChI=1S/C9H17NO4/c1-12-8(11)7-10-9(13-2)3-5-14-6-4-9/h10H,3-7H2,1-2H3. The summed E-state index contributed by atoms with van der Waals surface area (Å²) >= 11 is 0. The number of carbonyl (C=O) groups excluding carboxylic acids is 1. The van der Waals surface area contributed by atoms with Gasteiger partial charge in [0.1, 0.15) is 5.72 Å². The molecule has 0 aromatic carbocycles. The molecule has 1 aliphatic rings. The Labute approximate surface area is 83.7 Å². The maximum atomic E-state index is 10.9. The van der Waals surface area contributed by atoms with Crippen LogP contribution < -0.4 is 5.32 Å². The van der Waals surface area contributed by atoms with Gasteiger partial charge in [0.25, 0.3) is 0 Å². The Morgan fingerprint density at radius 3 is 2.57 bits per heavy atom. The number of nitrogens with one attached hydrogen (secondary N) is 1. The largest absolute Gasteiger partial charge is 0.468 e. The number of carbonyl (C=O) groups is 1. The summed E-state index contributed by atoms with van der Waals surface area (Å²) in [5.41, 5.74) is -0.424. The predicted molar refractivity (Wildman–Crippen MR) is 49.8 cm³/mol. The molecule has 1 fully saturated rings. The van der Waals surface area contributed by atoms with Crippen molar-refractivity contribution in [2.45, 2.75) is 18.6 Å². The average molecular weight is 203 g/mol. The minimum atomic E-state index is -0.424. The van der Waals surface area contributed by atoms with Crippen LogP contribution >= 0.6 is 0 Å². The van der Waals surface area contributed by atoms with Crippen LogP contribution in [0.3, 0.4) is 0 Å². The van der Waals surface area contributed by atoms with E-state index in [0.717, 1.165) is 12.8 Å². The molecule has 0 bridgehead atoms. The van der Waals surface area contributed by atoms with Crippen LogP contribution in [0.5, 0.6) is 0 Å². The molecule has 1 rings (SSSR count). The summed E-state index contributed by atoms with van der Waals surface area (Å²) in [5.74, 6) is -0.284. The molecule has 14 heavy (non-hydrogen) atoms. The first-order valence-electron chi connectivity index (χ1n) is 4.67. The first-order chi connectivity index (χ1) is 6.72. The van der Waals surface area contributed by atoms with Gasteiger partial charge in [0, 0.05) is 20.0 Å². The summed E-state index contributed by atoms with van der Waals surface area (Å²) in [4.78, 5) is 10.9. The first kappa shape index (κ1) is 11.4. The van der Waals surface area contributed by atoms with Crippen molar-refractivity contribution < 1.29 is 19.0 Å². The Bertz CT molecular complexity index is 189. The quantitative estimate of drug-likeness (QED) is 0.511. The minimum Gasteiger partial charge on any atom is -0.468 e. The normalized spacial score (nSPS) is 20.4. The smallest absolute Gasteiger partial charge is 0.319 e. The summed E-state index contributed by atoms with van der Waals surface area (Å²) in [6, 6.07) is 0. The van der Waals surface area contributed by atoms with E-state index < -0.39 is 5.72 Å². The number of ether oxygens (including phenoxy) is 3. The molecule has 0 saturated carbocycles. The first-order valence-corrected chi connectivity index (χ1v) is 4.67. The molecule has 1 saturated heterocycles. The lowest BCUT2D eigenvalue weighted by molar-refractivity contribution is -0.145. The Kier molecular flexibility index (Phi) is 4.31. The fourth-order valence-electron chi connectivity index (χ4n) is 1.46. The zero-order valence-corrected chi connectivity index (χ0v) is 8.67. The molecule has 0 radical (unpaired) electrons. The van der Waals surface area contributed by atoms with Gasteiger partial charge in [0.05, 0.1) is 26.9 Å². The van der Waals surface area contributed by atoms with Crippen molar-refractivity contribution in [2.24, 2.45) is 0 Å². The molecule has 1 heterocycles. The second-order valence-electron chi connectivity index (χ2n) is 3.24. The van der Waals surface area contributed by atoms with Crippen LogP contribution in [0.15, 0.2) is 0 Å². The van der Waals surface area contributed by atoms with Gasteiger partial charge in [-0.3, -0.25) is 10.1 Å². The van der Waals surface area contributed by atoms with Crippen LogP contribution in [0, 0.1) is 0 Å². The maximum absolute atomic E-state index is 10.9. The number of rotatable bonds is 4. The Morgan fingerprint density at radius 1 is 1.43 bits per heavy atom.